The van der Waals surface area contributed by atoms with Crippen molar-refractivity contribution in [2.75, 3.05) is 7.05 Å². The average molecular weight is 362 g/mol. The van der Waals surface area contributed by atoms with E-state index in [1.807, 2.05) is 13.1 Å². The first kappa shape index (κ1) is 14.6. The highest BCUT2D eigenvalue weighted by molar-refractivity contribution is 9.10. The van der Waals surface area contributed by atoms with Crippen molar-refractivity contribution in [2.45, 2.75) is 6.54 Å². The molecule has 0 saturated carbocycles. The van der Waals surface area contributed by atoms with Crippen LogP contribution in [-0.2, 0) is 6.54 Å². The predicted molar refractivity (Wildman–Crippen MR) is 81.2 cm³/mol. The van der Waals surface area contributed by atoms with Crippen LogP contribution in [0, 0.1) is 0 Å². The van der Waals surface area contributed by atoms with Gasteiger partial charge >= 0.3 is 0 Å². The fraction of sp³-hybridized carbons (Fsp3) is 0.154. The normalized spacial score (nSPS) is 10.5. The van der Waals surface area contributed by atoms with Crippen LogP contribution >= 0.6 is 39.1 Å². The molecule has 0 spiro atoms. The van der Waals surface area contributed by atoms with E-state index in [0.29, 0.717) is 28.1 Å². The van der Waals surface area contributed by atoms with Crippen molar-refractivity contribution in [3.63, 3.8) is 0 Å². The Labute approximate surface area is 130 Å². The summed E-state index contributed by atoms with van der Waals surface area (Å²) in [5, 5.41) is 4.07. The Morgan fingerprint density at radius 3 is 2.79 bits per heavy atom. The molecule has 0 aliphatic carbocycles. The van der Waals surface area contributed by atoms with Crippen molar-refractivity contribution in [3.05, 3.63) is 50.7 Å². The topological polar surface area (TPSA) is 34.1 Å². The SMILES string of the molecule is CNCc1cc(Oc2cc(Cl)c(Br)cc2Cl)ccn1. The van der Waals surface area contributed by atoms with Gasteiger partial charge in [-0.3, -0.25) is 4.98 Å². The van der Waals surface area contributed by atoms with Gasteiger partial charge in [0.2, 0.25) is 0 Å². The minimum atomic E-state index is 0.489. The summed E-state index contributed by atoms with van der Waals surface area (Å²) in [4.78, 5) is 4.22. The van der Waals surface area contributed by atoms with Crippen LogP contribution in [-0.4, -0.2) is 12.0 Å². The molecule has 0 radical (unpaired) electrons. The van der Waals surface area contributed by atoms with Crippen molar-refractivity contribution >= 4 is 39.1 Å². The average Bonchev–Trinajstić information content (AvgIpc) is 2.37. The molecule has 0 amide bonds. The zero-order chi connectivity index (χ0) is 13.8. The Morgan fingerprint density at radius 1 is 1.26 bits per heavy atom. The molecule has 19 heavy (non-hydrogen) atoms. The maximum Gasteiger partial charge on any atom is 0.147 e. The second kappa shape index (κ2) is 6.57. The minimum Gasteiger partial charge on any atom is -0.456 e. The molecule has 0 aliphatic heterocycles. The molecule has 0 aliphatic rings. The Bertz CT molecular complexity index is 593. The van der Waals surface area contributed by atoms with Crippen molar-refractivity contribution < 1.29 is 4.74 Å². The first-order chi connectivity index (χ1) is 9.10. The summed E-state index contributed by atoms with van der Waals surface area (Å²) in [5.41, 5.74) is 0.888. The lowest BCUT2D eigenvalue weighted by atomic mass is 10.3. The van der Waals surface area contributed by atoms with E-state index in [1.165, 1.54) is 0 Å². The van der Waals surface area contributed by atoms with Gasteiger partial charge in [-0.15, -0.1) is 0 Å². The number of nitrogens with one attached hydrogen (secondary N) is 1. The Kier molecular flexibility index (Phi) is 5.05. The molecule has 0 saturated heterocycles. The van der Waals surface area contributed by atoms with E-state index in [9.17, 15) is 0 Å². The van der Waals surface area contributed by atoms with Crippen LogP contribution in [0.5, 0.6) is 11.5 Å². The number of aromatic nitrogens is 1. The van der Waals surface area contributed by atoms with Gasteiger partial charge in [0.15, 0.2) is 0 Å². The Balaban J connectivity index is 2.25. The van der Waals surface area contributed by atoms with Crippen LogP contribution in [0.15, 0.2) is 34.9 Å². The number of benzene rings is 1. The second-order valence-corrected chi connectivity index (χ2v) is 5.48. The molecule has 1 heterocycles. The highest BCUT2D eigenvalue weighted by Crippen LogP contribution is 2.36. The van der Waals surface area contributed by atoms with Crippen LogP contribution in [0.25, 0.3) is 0 Å². The largest absolute Gasteiger partial charge is 0.456 e. The minimum absolute atomic E-state index is 0.489. The summed E-state index contributed by atoms with van der Waals surface area (Å²) in [6.45, 7) is 0.673. The number of ether oxygens (including phenoxy) is 1. The lowest BCUT2D eigenvalue weighted by Crippen LogP contribution is -2.06. The highest BCUT2D eigenvalue weighted by atomic mass is 79.9. The van der Waals surface area contributed by atoms with E-state index < -0.39 is 0 Å². The van der Waals surface area contributed by atoms with E-state index >= 15 is 0 Å². The number of rotatable bonds is 4. The Morgan fingerprint density at radius 2 is 2.05 bits per heavy atom. The van der Waals surface area contributed by atoms with Crippen LogP contribution in [0.4, 0.5) is 0 Å². The molecule has 2 rings (SSSR count). The fourth-order valence-corrected chi connectivity index (χ4v) is 2.34. The van der Waals surface area contributed by atoms with E-state index in [-0.39, 0.29) is 0 Å². The smallest absolute Gasteiger partial charge is 0.147 e. The number of halogens is 3. The number of nitrogens with zero attached hydrogens (tertiary/aromatic N) is 1. The first-order valence-electron chi connectivity index (χ1n) is 5.52. The van der Waals surface area contributed by atoms with Crippen molar-refractivity contribution in [3.8, 4) is 11.5 Å². The molecule has 6 heteroatoms. The Hall–Kier alpha value is -0.810. The molecule has 0 unspecified atom stereocenters. The maximum absolute atomic E-state index is 6.11. The van der Waals surface area contributed by atoms with Crippen LogP contribution in [0.3, 0.4) is 0 Å². The van der Waals surface area contributed by atoms with E-state index in [1.54, 1.807) is 24.4 Å². The third-order valence-corrected chi connectivity index (χ3v) is 3.84. The van der Waals surface area contributed by atoms with Gasteiger partial charge in [0.1, 0.15) is 11.5 Å². The van der Waals surface area contributed by atoms with Gasteiger partial charge in [-0.1, -0.05) is 23.2 Å². The summed E-state index contributed by atoms with van der Waals surface area (Å²) in [6.07, 6.45) is 1.69. The third-order valence-electron chi connectivity index (χ3n) is 2.35. The van der Waals surface area contributed by atoms with Gasteiger partial charge in [-0.25, -0.2) is 0 Å². The molecule has 100 valence electrons. The zero-order valence-corrected chi connectivity index (χ0v) is 13.2. The van der Waals surface area contributed by atoms with Crippen molar-refractivity contribution in [1.82, 2.24) is 10.3 Å². The van der Waals surface area contributed by atoms with Gasteiger partial charge < -0.3 is 10.1 Å². The van der Waals surface area contributed by atoms with Gasteiger partial charge in [0.25, 0.3) is 0 Å². The molecular weight excluding hydrogens is 351 g/mol. The van der Waals surface area contributed by atoms with Crippen LogP contribution in [0.2, 0.25) is 10.0 Å². The first-order valence-corrected chi connectivity index (χ1v) is 7.07. The summed E-state index contributed by atoms with van der Waals surface area (Å²) >= 11 is 15.4. The van der Waals surface area contributed by atoms with Gasteiger partial charge in [-0.05, 0) is 35.1 Å². The molecule has 2 aromatic rings. The number of hydrogen-bond donors (Lipinski definition) is 1. The molecule has 1 aromatic heterocycles. The molecule has 0 bridgehead atoms. The molecule has 1 N–H and O–H groups in total. The van der Waals surface area contributed by atoms with Crippen LogP contribution in [0.1, 0.15) is 5.69 Å². The zero-order valence-electron chi connectivity index (χ0n) is 10.1. The summed E-state index contributed by atoms with van der Waals surface area (Å²) in [6, 6.07) is 7.00. The number of hydrogen-bond acceptors (Lipinski definition) is 3. The van der Waals surface area contributed by atoms with Crippen molar-refractivity contribution in [1.29, 1.82) is 0 Å². The molecular formula is C13H11BrCl2N2O. The third kappa shape index (κ3) is 3.83. The van der Waals surface area contributed by atoms with Gasteiger partial charge in [-0.2, -0.15) is 0 Å². The monoisotopic (exact) mass is 360 g/mol. The predicted octanol–water partition coefficient (Wildman–Crippen LogP) is 4.66. The van der Waals surface area contributed by atoms with E-state index in [2.05, 4.69) is 26.2 Å². The van der Waals surface area contributed by atoms with Gasteiger partial charge in [0, 0.05) is 29.3 Å². The van der Waals surface area contributed by atoms with E-state index in [0.717, 1.165) is 10.2 Å². The van der Waals surface area contributed by atoms with Crippen molar-refractivity contribution in [2.24, 2.45) is 0 Å². The molecule has 0 atom stereocenters. The quantitative estimate of drug-likeness (QED) is 0.804. The lowest BCUT2D eigenvalue weighted by molar-refractivity contribution is 0.481. The lowest BCUT2D eigenvalue weighted by Gasteiger charge is -2.10. The number of pyridine rings is 1. The summed E-state index contributed by atoms with van der Waals surface area (Å²) in [7, 11) is 1.86. The molecule has 3 nitrogen and oxygen atoms in total. The van der Waals surface area contributed by atoms with Gasteiger partial charge in [0.05, 0.1) is 15.7 Å². The van der Waals surface area contributed by atoms with E-state index in [4.69, 9.17) is 27.9 Å². The molecule has 1 aromatic carbocycles. The fourth-order valence-electron chi connectivity index (χ4n) is 1.51. The highest BCUT2D eigenvalue weighted by Gasteiger charge is 2.08. The molecule has 0 fully saturated rings. The van der Waals surface area contributed by atoms with Crippen LogP contribution < -0.4 is 10.1 Å². The summed E-state index contributed by atoms with van der Waals surface area (Å²) < 4.78 is 6.46. The second-order valence-electron chi connectivity index (χ2n) is 3.81. The maximum atomic E-state index is 6.11. The summed E-state index contributed by atoms with van der Waals surface area (Å²) in [5.74, 6) is 1.18. The standard InChI is InChI=1S/C13H11BrCl2N2O/c1-17-7-8-4-9(2-3-18-8)19-13-6-11(15)10(14)5-12(13)16/h2-6,17H,7H2,1H3.